The number of carbonyl (C=O) groups excluding carboxylic acids is 3. The van der Waals surface area contributed by atoms with Crippen LogP contribution in [0, 0.1) is 6.92 Å². The summed E-state index contributed by atoms with van der Waals surface area (Å²) in [5, 5.41) is 6.06. The van der Waals surface area contributed by atoms with Crippen molar-refractivity contribution in [2.75, 3.05) is 32.1 Å². The highest BCUT2D eigenvalue weighted by Gasteiger charge is 2.34. The molecule has 2 aromatic heterocycles. The van der Waals surface area contributed by atoms with Crippen LogP contribution in [-0.4, -0.2) is 86.5 Å². The predicted molar refractivity (Wildman–Crippen MR) is 182 cm³/mol. The minimum absolute atomic E-state index is 0.0913. The molecular weight excluding hydrogens is 624 g/mol. The maximum Gasteiger partial charge on any atom is 0.408 e. The van der Waals surface area contributed by atoms with Gasteiger partial charge in [-0.05, 0) is 74.9 Å². The van der Waals surface area contributed by atoms with Crippen molar-refractivity contribution in [3.8, 4) is 17.1 Å². The van der Waals surface area contributed by atoms with E-state index in [2.05, 4.69) is 30.6 Å². The molecule has 1 fully saturated rings. The Balaban J connectivity index is 1.28. The van der Waals surface area contributed by atoms with Crippen LogP contribution in [0.25, 0.3) is 11.4 Å². The summed E-state index contributed by atoms with van der Waals surface area (Å²) in [6, 6.07) is 17.3. The zero-order valence-electron chi connectivity index (χ0n) is 27.7. The number of fused-ring (bicyclic) bond motifs is 10. The van der Waals surface area contributed by atoms with Crippen molar-refractivity contribution >= 4 is 29.5 Å². The summed E-state index contributed by atoms with van der Waals surface area (Å²) in [6.07, 6.45) is 5.77. The number of hydrogen-bond donors (Lipinski definition) is 2. The topological polar surface area (TPSA) is 152 Å². The number of amides is 3. The quantitative estimate of drug-likeness (QED) is 0.301. The monoisotopic (exact) mass is 664 g/mol. The third-order valence-corrected chi connectivity index (χ3v) is 8.60. The Bertz CT molecular complexity index is 1770. The molecule has 3 amide bonds. The number of ether oxygens (including phenoxy) is 2. The number of aryl methyl sites for hydroxylation is 1. The molecule has 3 aliphatic rings. The predicted octanol–water partition coefficient (Wildman–Crippen LogP) is 4.91. The summed E-state index contributed by atoms with van der Waals surface area (Å²) in [6.45, 7) is 3.15. The molecule has 2 atom stereocenters. The van der Waals surface area contributed by atoms with E-state index in [1.54, 1.807) is 41.4 Å². The highest BCUT2D eigenvalue weighted by atomic mass is 16.5. The zero-order chi connectivity index (χ0) is 34.2. The Morgan fingerprint density at radius 3 is 2.59 bits per heavy atom. The third kappa shape index (κ3) is 8.47. The molecule has 5 heterocycles. The van der Waals surface area contributed by atoms with E-state index < -0.39 is 12.1 Å². The van der Waals surface area contributed by atoms with Crippen molar-refractivity contribution in [3.63, 3.8) is 0 Å². The summed E-state index contributed by atoms with van der Waals surface area (Å²) in [4.78, 5) is 61.8. The number of rotatable bonds is 5. The number of nitrogens with zero attached hydrogens (tertiary/aromatic N) is 6. The Labute approximate surface area is 285 Å². The van der Waals surface area contributed by atoms with E-state index in [-0.39, 0.29) is 36.8 Å². The zero-order valence-corrected chi connectivity index (χ0v) is 27.7. The number of nitrogens with one attached hydrogen (secondary N) is 2. The van der Waals surface area contributed by atoms with Gasteiger partial charge < -0.3 is 29.9 Å². The van der Waals surface area contributed by atoms with Gasteiger partial charge in [-0.3, -0.25) is 9.59 Å². The second-order valence-electron chi connectivity index (χ2n) is 12.2. The lowest BCUT2D eigenvalue weighted by Crippen LogP contribution is -2.51. The van der Waals surface area contributed by atoms with Gasteiger partial charge in [0.05, 0.1) is 11.7 Å². The van der Waals surface area contributed by atoms with E-state index in [0.29, 0.717) is 66.8 Å². The highest BCUT2D eigenvalue weighted by molar-refractivity contribution is 5.92. The molecule has 0 saturated carbocycles. The first kappa shape index (κ1) is 33.3. The van der Waals surface area contributed by atoms with Gasteiger partial charge in [0, 0.05) is 43.8 Å². The molecule has 4 aromatic rings. The summed E-state index contributed by atoms with van der Waals surface area (Å²) in [5.74, 6) is 0.875. The van der Waals surface area contributed by atoms with Crippen LogP contribution in [0.5, 0.6) is 5.75 Å². The van der Waals surface area contributed by atoms with E-state index in [1.807, 2.05) is 55.5 Å². The first-order valence-electron chi connectivity index (χ1n) is 16.5. The molecule has 49 heavy (non-hydrogen) atoms. The Morgan fingerprint density at radius 2 is 1.78 bits per heavy atom. The Hall–Kier alpha value is -5.59. The minimum atomic E-state index is -0.800. The molecule has 254 valence electrons. The van der Waals surface area contributed by atoms with E-state index in [1.165, 1.54) is 0 Å². The SMILES string of the molecule is Cc1cc2nc(n1)-c1ccc(c(Nc3ncccn3)c1)OC[C@@H]1CCCN1C(=O)[C@@H](NC(=O)OCc1ccccc1)CCCCN(C)C2=O. The van der Waals surface area contributed by atoms with Crippen molar-refractivity contribution in [2.45, 2.75) is 57.7 Å². The fraction of sp³-hybridized carbons (Fsp3) is 0.361. The normalized spacial score (nSPS) is 18.5. The molecule has 4 bridgehead atoms. The van der Waals surface area contributed by atoms with Crippen LogP contribution in [0.2, 0.25) is 0 Å². The van der Waals surface area contributed by atoms with Gasteiger partial charge in [-0.15, -0.1) is 0 Å². The maximum atomic E-state index is 14.0. The third-order valence-electron chi connectivity index (χ3n) is 8.60. The van der Waals surface area contributed by atoms with Gasteiger partial charge in [0.25, 0.3) is 5.91 Å². The van der Waals surface area contributed by atoms with E-state index >= 15 is 0 Å². The number of anilines is 2. The molecule has 7 rings (SSSR count). The van der Waals surface area contributed by atoms with Crippen LogP contribution in [0.1, 0.15) is 53.8 Å². The molecule has 0 unspecified atom stereocenters. The molecule has 13 nitrogen and oxygen atoms in total. The molecule has 0 aliphatic carbocycles. The molecule has 0 spiro atoms. The number of benzene rings is 2. The molecular formula is C36H40N8O5. The number of alkyl carbamates (subject to hydrolysis) is 1. The molecule has 0 radical (unpaired) electrons. The van der Waals surface area contributed by atoms with Gasteiger partial charge in [-0.25, -0.2) is 24.7 Å². The van der Waals surface area contributed by atoms with Crippen molar-refractivity contribution in [1.29, 1.82) is 0 Å². The van der Waals surface area contributed by atoms with Gasteiger partial charge in [-0.1, -0.05) is 30.3 Å². The smallest absolute Gasteiger partial charge is 0.408 e. The fourth-order valence-electron chi connectivity index (χ4n) is 6.03. The van der Waals surface area contributed by atoms with Crippen LogP contribution < -0.4 is 15.4 Å². The lowest BCUT2D eigenvalue weighted by molar-refractivity contribution is -0.135. The molecule has 13 heteroatoms. The van der Waals surface area contributed by atoms with Crippen LogP contribution in [0.3, 0.4) is 0 Å². The average molecular weight is 665 g/mol. The Kier molecular flexibility index (Phi) is 10.6. The molecule has 1 saturated heterocycles. The maximum absolute atomic E-state index is 14.0. The summed E-state index contributed by atoms with van der Waals surface area (Å²) in [5.41, 5.74) is 3.03. The second kappa shape index (κ2) is 15.5. The van der Waals surface area contributed by atoms with Crippen molar-refractivity contribution < 1.29 is 23.9 Å². The van der Waals surface area contributed by atoms with E-state index in [0.717, 1.165) is 18.4 Å². The second-order valence-corrected chi connectivity index (χ2v) is 12.2. The van der Waals surface area contributed by atoms with Gasteiger partial charge in [0.15, 0.2) is 5.82 Å². The van der Waals surface area contributed by atoms with E-state index in [9.17, 15) is 14.4 Å². The van der Waals surface area contributed by atoms with Crippen LogP contribution >= 0.6 is 0 Å². The summed E-state index contributed by atoms with van der Waals surface area (Å²) in [7, 11) is 1.73. The van der Waals surface area contributed by atoms with Gasteiger partial charge in [-0.2, -0.15) is 0 Å². The number of carbonyl (C=O) groups is 3. The van der Waals surface area contributed by atoms with Gasteiger partial charge in [0.2, 0.25) is 11.9 Å². The first-order chi connectivity index (χ1) is 23.8. The average Bonchev–Trinajstić information content (AvgIpc) is 3.59. The van der Waals surface area contributed by atoms with E-state index in [4.69, 9.17) is 9.47 Å². The van der Waals surface area contributed by atoms with Crippen molar-refractivity contribution in [3.05, 3.63) is 90.0 Å². The first-order valence-corrected chi connectivity index (χ1v) is 16.5. The standard InChI is InChI=1S/C36H40N8O5/c1-24-20-30-33(45)43(2)18-7-6-13-28(42-36(47)49-22-25-10-4-3-5-11-25)34(46)44-19-8-12-27(44)23-48-31-15-14-26(32(39-24)40-30)21-29(31)41-35-37-16-9-17-38-35/h3-5,9-11,14-17,20-21,27-28H,6-8,12-13,18-19,22-23H2,1-2H3,(H,42,47)(H,37,38,41)/t27-,28-/m0/s1. The highest BCUT2D eigenvalue weighted by Crippen LogP contribution is 2.32. The summed E-state index contributed by atoms with van der Waals surface area (Å²) >= 11 is 0. The fourth-order valence-corrected chi connectivity index (χ4v) is 6.03. The number of aromatic nitrogens is 4. The Morgan fingerprint density at radius 1 is 0.959 bits per heavy atom. The van der Waals surface area contributed by atoms with Crippen molar-refractivity contribution in [2.24, 2.45) is 0 Å². The van der Waals surface area contributed by atoms with Crippen LogP contribution in [0.4, 0.5) is 16.4 Å². The molecule has 2 aromatic carbocycles. The largest absolute Gasteiger partial charge is 0.489 e. The minimum Gasteiger partial charge on any atom is -0.489 e. The molecule has 3 aliphatic heterocycles. The van der Waals surface area contributed by atoms with Crippen LogP contribution in [-0.2, 0) is 16.1 Å². The van der Waals surface area contributed by atoms with Gasteiger partial charge in [0.1, 0.15) is 30.7 Å². The number of hydrogen-bond acceptors (Lipinski definition) is 10. The molecule has 2 N–H and O–H groups in total. The summed E-state index contributed by atoms with van der Waals surface area (Å²) < 4.78 is 11.9. The van der Waals surface area contributed by atoms with Crippen LogP contribution in [0.15, 0.2) is 73.1 Å². The van der Waals surface area contributed by atoms with Crippen molar-refractivity contribution in [1.82, 2.24) is 35.1 Å². The lowest BCUT2D eigenvalue weighted by atomic mass is 10.1. The van der Waals surface area contributed by atoms with Gasteiger partial charge >= 0.3 is 6.09 Å². The lowest BCUT2D eigenvalue weighted by Gasteiger charge is -2.29.